The van der Waals surface area contributed by atoms with Crippen molar-refractivity contribution in [1.29, 1.82) is 0 Å². The number of carbonyl (C=O) groups excluding carboxylic acids is 2. The molecule has 6 N–H and O–H groups in total. The topological polar surface area (TPSA) is 129 Å². The van der Waals surface area contributed by atoms with Gasteiger partial charge in [0.2, 0.25) is 0 Å². The van der Waals surface area contributed by atoms with Crippen molar-refractivity contribution in [3.63, 3.8) is 0 Å². The molecular formula is C22H26N4O4. The Morgan fingerprint density at radius 3 is 1.33 bits per heavy atom. The van der Waals surface area contributed by atoms with Gasteiger partial charge < -0.3 is 31.6 Å². The lowest BCUT2D eigenvalue weighted by molar-refractivity contribution is 0.156. The van der Waals surface area contributed by atoms with E-state index in [1.54, 1.807) is 0 Å². The van der Waals surface area contributed by atoms with Gasteiger partial charge in [-0.15, -0.1) is 0 Å². The Morgan fingerprint density at radius 2 is 1.00 bits per heavy atom. The lowest BCUT2D eigenvalue weighted by atomic mass is 10.1. The molecule has 2 rings (SSSR count). The van der Waals surface area contributed by atoms with Crippen molar-refractivity contribution in [3.05, 3.63) is 70.8 Å². The molecule has 8 heteroatoms. The molecule has 2 aromatic carbocycles. The fraction of sp³-hybridized carbons (Fsp3) is 0.273. The zero-order chi connectivity index (χ0) is 21.6. The molecule has 0 bridgehead atoms. The lowest BCUT2D eigenvalue weighted by Gasteiger charge is -2.06. The number of nitrogens with two attached hydrogens (primary N) is 2. The molecule has 0 saturated heterocycles. The first-order valence-electron chi connectivity index (χ1n) is 9.43. The van der Waals surface area contributed by atoms with Gasteiger partial charge in [0.05, 0.1) is 0 Å². The zero-order valence-corrected chi connectivity index (χ0v) is 16.6. The van der Waals surface area contributed by atoms with Crippen LogP contribution in [0.3, 0.4) is 0 Å². The average Bonchev–Trinajstić information content (AvgIpc) is 2.79. The minimum Gasteiger partial charge on any atom is -0.436 e. The number of ether oxygens (including phenoxy) is 2. The van der Waals surface area contributed by atoms with E-state index in [0.29, 0.717) is 26.2 Å². The molecule has 0 atom stereocenters. The summed E-state index contributed by atoms with van der Waals surface area (Å²) >= 11 is 0. The van der Waals surface area contributed by atoms with Crippen LogP contribution in [0, 0.1) is 11.8 Å². The van der Waals surface area contributed by atoms with Gasteiger partial charge in [0.1, 0.15) is 0 Å². The summed E-state index contributed by atoms with van der Waals surface area (Å²) in [6.07, 6.45) is -1.15. The molecule has 30 heavy (non-hydrogen) atoms. The Balaban J connectivity index is 1.55. The van der Waals surface area contributed by atoms with Crippen LogP contribution in [-0.4, -0.2) is 25.4 Å². The van der Waals surface area contributed by atoms with E-state index in [-0.39, 0.29) is 13.2 Å². The summed E-state index contributed by atoms with van der Waals surface area (Å²) in [5.41, 5.74) is 15.0. The second kappa shape index (κ2) is 12.8. The maximum Gasteiger partial charge on any atom is 0.408 e. The van der Waals surface area contributed by atoms with Crippen LogP contribution < -0.4 is 22.1 Å². The number of hydrogen-bond acceptors (Lipinski definition) is 6. The number of alkyl carbamates (subject to hydrolysis) is 2. The maximum atomic E-state index is 11.6. The van der Waals surface area contributed by atoms with Gasteiger partial charge in [-0.1, -0.05) is 60.4 Å². The van der Waals surface area contributed by atoms with Crippen molar-refractivity contribution >= 4 is 12.2 Å². The molecule has 0 fully saturated rings. The fourth-order valence-electron chi connectivity index (χ4n) is 2.34. The van der Waals surface area contributed by atoms with Gasteiger partial charge >= 0.3 is 12.2 Å². The molecule has 0 aliphatic heterocycles. The second-order valence-electron chi connectivity index (χ2n) is 6.25. The Hall–Kier alpha value is -3.54. The van der Waals surface area contributed by atoms with Crippen molar-refractivity contribution < 1.29 is 19.1 Å². The first kappa shape index (κ1) is 22.7. The molecule has 0 saturated carbocycles. The van der Waals surface area contributed by atoms with Gasteiger partial charge in [-0.3, -0.25) is 0 Å². The van der Waals surface area contributed by atoms with Crippen molar-refractivity contribution in [1.82, 2.24) is 10.6 Å². The second-order valence-corrected chi connectivity index (χ2v) is 6.25. The molecule has 8 nitrogen and oxygen atoms in total. The highest BCUT2D eigenvalue weighted by Gasteiger charge is 2.02. The summed E-state index contributed by atoms with van der Waals surface area (Å²) in [5, 5.41) is 5.24. The van der Waals surface area contributed by atoms with Crippen molar-refractivity contribution in [2.75, 3.05) is 13.2 Å². The van der Waals surface area contributed by atoms with E-state index in [9.17, 15) is 9.59 Å². The number of nitrogens with one attached hydrogen (secondary N) is 2. The third-order valence-corrected chi connectivity index (χ3v) is 4.07. The van der Waals surface area contributed by atoms with E-state index in [2.05, 4.69) is 22.5 Å². The third kappa shape index (κ3) is 8.65. The van der Waals surface area contributed by atoms with Crippen molar-refractivity contribution in [2.45, 2.75) is 26.2 Å². The van der Waals surface area contributed by atoms with Crippen LogP contribution in [0.5, 0.6) is 0 Å². The molecule has 2 amide bonds. The van der Waals surface area contributed by atoms with Gasteiger partial charge in [-0.2, -0.15) is 0 Å². The SMILES string of the molecule is NCc1ccc(CNC(=O)OCC#CCOC(=O)NCc2ccc(CN)cc2)cc1. The van der Waals surface area contributed by atoms with Crippen LogP contribution in [0.25, 0.3) is 0 Å². The number of amides is 2. The van der Waals surface area contributed by atoms with Crippen LogP contribution in [0.4, 0.5) is 9.59 Å². The standard InChI is InChI=1S/C22H26N4O4/c23-13-17-3-7-19(8-4-17)15-25-21(27)29-11-1-2-12-30-22(28)26-16-20-9-5-18(14-24)6-10-20/h3-10H,11-16,23-24H2,(H,25,27)(H,26,28). The molecule has 0 radical (unpaired) electrons. The molecule has 0 aliphatic carbocycles. The molecular weight excluding hydrogens is 384 g/mol. The van der Waals surface area contributed by atoms with E-state index in [1.807, 2.05) is 48.5 Å². The first-order valence-corrected chi connectivity index (χ1v) is 9.43. The zero-order valence-electron chi connectivity index (χ0n) is 16.6. The molecule has 0 spiro atoms. The van der Waals surface area contributed by atoms with Crippen LogP contribution in [-0.2, 0) is 35.7 Å². The quantitative estimate of drug-likeness (QED) is 0.491. The molecule has 158 valence electrons. The highest BCUT2D eigenvalue weighted by Crippen LogP contribution is 2.04. The van der Waals surface area contributed by atoms with E-state index >= 15 is 0 Å². The van der Waals surface area contributed by atoms with Gasteiger partial charge in [0, 0.05) is 26.2 Å². The predicted octanol–water partition coefficient (Wildman–Crippen LogP) is 1.76. The fourth-order valence-corrected chi connectivity index (χ4v) is 2.34. The van der Waals surface area contributed by atoms with Crippen LogP contribution in [0.2, 0.25) is 0 Å². The van der Waals surface area contributed by atoms with E-state index in [1.165, 1.54) is 0 Å². The van der Waals surface area contributed by atoms with E-state index < -0.39 is 12.2 Å². The summed E-state index contributed by atoms with van der Waals surface area (Å²) in [6.45, 7) is 1.43. The molecule has 0 unspecified atom stereocenters. The van der Waals surface area contributed by atoms with Gasteiger partial charge in [0.15, 0.2) is 13.2 Å². The highest BCUT2D eigenvalue weighted by atomic mass is 16.6. The van der Waals surface area contributed by atoms with Crippen LogP contribution in [0.1, 0.15) is 22.3 Å². The Kier molecular flexibility index (Phi) is 9.73. The minimum absolute atomic E-state index is 0.101. The number of hydrogen-bond donors (Lipinski definition) is 4. The van der Waals surface area contributed by atoms with E-state index in [0.717, 1.165) is 22.3 Å². The normalized spacial score (nSPS) is 9.80. The summed E-state index contributed by atoms with van der Waals surface area (Å²) in [4.78, 5) is 23.2. The van der Waals surface area contributed by atoms with Crippen LogP contribution in [0.15, 0.2) is 48.5 Å². The molecule has 0 aliphatic rings. The summed E-state index contributed by atoms with van der Waals surface area (Å²) in [6, 6.07) is 15.2. The molecule has 0 heterocycles. The van der Waals surface area contributed by atoms with Crippen LogP contribution >= 0.6 is 0 Å². The number of carbonyl (C=O) groups is 2. The molecule has 2 aromatic rings. The summed E-state index contributed by atoms with van der Waals surface area (Å²) in [5.74, 6) is 5.22. The van der Waals surface area contributed by atoms with Gasteiger partial charge in [-0.25, -0.2) is 9.59 Å². The summed E-state index contributed by atoms with van der Waals surface area (Å²) < 4.78 is 9.86. The maximum absolute atomic E-state index is 11.6. The third-order valence-electron chi connectivity index (χ3n) is 4.07. The largest absolute Gasteiger partial charge is 0.436 e. The van der Waals surface area contributed by atoms with Crippen molar-refractivity contribution in [3.8, 4) is 11.8 Å². The smallest absolute Gasteiger partial charge is 0.408 e. The van der Waals surface area contributed by atoms with Gasteiger partial charge in [0.25, 0.3) is 0 Å². The van der Waals surface area contributed by atoms with Crippen molar-refractivity contribution in [2.24, 2.45) is 11.5 Å². The first-order chi connectivity index (χ1) is 14.6. The number of rotatable bonds is 8. The Bertz CT molecular complexity index is 799. The summed E-state index contributed by atoms with van der Waals surface area (Å²) in [7, 11) is 0. The van der Waals surface area contributed by atoms with E-state index in [4.69, 9.17) is 20.9 Å². The number of benzene rings is 2. The molecule has 0 aromatic heterocycles. The predicted molar refractivity (Wildman–Crippen MR) is 113 cm³/mol. The minimum atomic E-state index is -0.577. The van der Waals surface area contributed by atoms with Gasteiger partial charge in [-0.05, 0) is 22.3 Å². The highest BCUT2D eigenvalue weighted by molar-refractivity contribution is 5.67. The average molecular weight is 410 g/mol. The monoisotopic (exact) mass is 410 g/mol. The lowest BCUT2D eigenvalue weighted by Crippen LogP contribution is -2.24. The Morgan fingerprint density at radius 1 is 0.667 bits per heavy atom. The Labute approximate surface area is 175 Å².